The number of hydrogen-bond acceptors (Lipinski definition) is 2. The van der Waals surface area contributed by atoms with Crippen LogP contribution in [0.25, 0.3) is 0 Å². The van der Waals surface area contributed by atoms with Crippen LogP contribution in [0.4, 0.5) is 8.78 Å². The lowest BCUT2D eigenvalue weighted by Gasteiger charge is -2.28. The molecule has 1 aromatic rings. The number of hydrogen-bond donors (Lipinski definition) is 1. The Labute approximate surface area is 106 Å². The Morgan fingerprint density at radius 1 is 1.22 bits per heavy atom. The van der Waals surface area contributed by atoms with Gasteiger partial charge in [-0.05, 0) is 18.4 Å². The van der Waals surface area contributed by atoms with Crippen molar-refractivity contribution in [2.24, 2.45) is 5.73 Å². The maximum Gasteiger partial charge on any atom is 0.164 e. The van der Waals surface area contributed by atoms with Gasteiger partial charge in [0.25, 0.3) is 0 Å². The number of rotatable bonds is 4. The van der Waals surface area contributed by atoms with Crippen molar-refractivity contribution in [2.45, 2.75) is 37.7 Å². The fourth-order valence-electron chi connectivity index (χ4n) is 2.90. The molecule has 0 unspecified atom stereocenters. The summed E-state index contributed by atoms with van der Waals surface area (Å²) in [6.45, 7) is 0.450. The molecule has 2 N–H and O–H groups in total. The number of ether oxygens (including phenoxy) is 1. The van der Waals surface area contributed by atoms with Gasteiger partial charge in [-0.2, -0.15) is 0 Å². The molecule has 0 aromatic heterocycles. The van der Waals surface area contributed by atoms with Gasteiger partial charge in [0.15, 0.2) is 11.6 Å². The summed E-state index contributed by atoms with van der Waals surface area (Å²) in [4.78, 5) is 0. The fourth-order valence-corrected chi connectivity index (χ4v) is 2.90. The second-order valence-electron chi connectivity index (χ2n) is 5.02. The van der Waals surface area contributed by atoms with Gasteiger partial charge in [0.2, 0.25) is 0 Å². The molecule has 18 heavy (non-hydrogen) atoms. The standard InChI is InChI=1S/C14H19F2NO/c1-18-8-10-4-5-11(13(16)12(10)15)14(9-17)6-2-3-7-14/h4-5H,2-3,6-9,17H2,1H3. The molecule has 0 amide bonds. The zero-order chi connectivity index (χ0) is 13.2. The van der Waals surface area contributed by atoms with E-state index >= 15 is 0 Å². The van der Waals surface area contributed by atoms with Crippen LogP contribution in [0.2, 0.25) is 0 Å². The van der Waals surface area contributed by atoms with Crippen molar-refractivity contribution in [2.75, 3.05) is 13.7 Å². The van der Waals surface area contributed by atoms with Gasteiger partial charge in [-0.3, -0.25) is 0 Å². The molecule has 1 fully saturated rings. The summed E-state index contributed by atoms with van der Waals surface area (Å²) in [5, 5.41) is 0. The van der Waals surface area contributed by atoms with E-state index in [2.05, 4.69) is 0 Å². The van der Waals surface area contributed by atoms with Crippen LogP contribution in [0.1, 0.15) is 36.8 Å². The smallest absolute Gasteiger partial charge is 0.164 e. The molecule has 0 bridgehead atoms. The summed E-state index contributed by atoms with van der Waals surface area (Å²) in [7, 11) is 1.46. The lowest BCUT2D eigenvalue weighted by Crippen LogP contribution is -2.33. The third-order valence-corrected chi connectivity index (χ3v) is 3.98. The first-order valence-electron chi connectivity index (χ1n) is 6.31. The van der Waals surface area contributed by atoms with Crippen molar-refractivity contribution in [3.8, 4) is 0 Å². The largest absolute Gasteiger partial charge is 0.380 e. The average Bonchev–Trinajstić information content (AvgIpc) is 2.85. The van der Waals surface area contributed by atoms with Crippen LogP contribution >= 0.6 is 0 Å². The molecule has 2 nitrogen and oxygen atoms in total. The molecule has 1 aliphatic rings. The van der Waals surface area contributed by atoms with E-state index in [0.29, 0.717) is 12.1 Å². The zero-order valence-corrected chi connectivity index (χ0v) is 10.6. The summed E-state index contributed by atoms with van der Waals surface area (Å²) in [5.41, 5.74) is 6.11. The monoisotopic (exact) mass is 255 g/mol. The average molecular weight is 255 g/mol. The molecule has 0 atom stereocenters. The van der Waals surface area contributed by atoms with Crippen LogP contribution in [-0.4, -0.2) is 13.7 Å². The SMILES string of the molecule is COCc1ccc(C2(CN)CCCC2)c(F)c1F. The Bertz CT molecular complexity index is 428. The van der Waals surface area contributed by atoms with Crippen molar-refractivity contribution >= 4 is 0 Å². The van der Waals surface area contributed by atoms with E-state index in [1.807, 2.05) is 0 Å². The van der Waals surface area contributed by atoms with E-state index in [1.54, 1.807) is 12.1 Å². The second-order valence-corrected chi connectivity index (χ2v) is 5.02. The zero-order valence-electron chi connectivity index (χ0n) is 10.6. The molecule has 1 aromatic carbocycles. The van der Waals surface area contributed by atoms with E-state index in [0.717, 1.165) is 25.7 Å². The predicted octanol–water partition coefficient (Wildman–Crippen LogP) is 2.88. The molecular weight excluding hydrogens is 236 g/mol. The number of nitrogens with two attached hydrogens (primary N) is 1. The molecule has 0 radical (unpaired) electrons. The highest BCUT2D eigenvalue weighted by Gasteiger charge is 2.37. The predicted molar refractivity (Wildman–Crippen MR) is 66.3 cm³/mol. The first-order valence-corrected chi connectivity index (χ1v) is 6.31. The van der Waals surface area contributed by atoms with Gasteiger partial charge in [-0.1, -0.05) is 25.0 Å². The van der Waals surface area contributed by atoms with Crippen LogP contribution in [-0.2, 0) is 16.8 Å². The Morgan fingerprint density at radius 2 is 1.89 bits per heavy atom. The van der Waals surface area contributed by atoms with E-state index < -0.39 is 11.6 Å². The number of benzene rings is 1. The fraction of sp³-hybridized carbons (Fsp3) is 0.571. The van der Waals surface area contributed by atoms with Crippen molar-refractivity contribution in [1.29, 1.82) is 0 Å². The second kappa shape index (κ2) is 5.33. The normalized spacial score (nSPS) is 18.2. The Hall–Kier alpha value is -1.00. The molecule has 100 valence electrons. The van der Waals surface area contributed by atoms with Gasteiger partial charge in [-0.25, -0.2) is 8.78 Å². The number of halogens is 2. The first-order chi connectivity index (χ1) is 8.64. The molecule has 1 aliphatic carbocycles. The maximum absolute atomic E-state index is 14.2. The molecule has 0 heterocycles. The lowest BCUT2D eigenvalue weighted by atomic mass is 9.78. The van der Waals surface area contributed by atoms with Gasteiger partial charge in [0, 0.05) is 24.6 Å². The summed E-state index contributed by atoms with van der Waals surface area (Å²) >= 11 is 0. The highest BCUT2D eigenvalue weighted by molar-refractivity contribution is 5.33. The first kappa shape index (κ1) is 13.4. The van der Waals surface area contributed by atoms with Gasteiger partial charge < -0.3 is 10.5 Å². The quantitative estimate of drug-likeness (QED) is 0.897. The third-order valence-electron chi connectivity index (χ3n) is 3.98. The third kappa shape index (κ3) is 2.15. The molecular formula is C14H19F2NO. The molecule has 0 spiro atoms. The van der Waals surface area contributed by atoms with Gasteiger partial charge >= 0.3 is 0 Å². The topological polar surface area (TPSA) is 35.2 Å². The summed E-state index contributed by atoms with van der Waals surface area (Å²) in [6.07, 6.45) is 3.73. The highest BCUT2D eigenvalue weighted by Crippen LogP contribution is 2.42. The molecule has 1 saturated carbocycles. The van der Waals surface area contributed by atoms with Crippen molar-refractivity contribution < 1.29 is 13.5 Å². The Balaban J connectivity index is 2.43. The van der Waals surface area contributed by atoms with E-state index in [9.17, 15) is 8.78 Å². The minimum atomic E-state index is -0.797. The van der Waals surface area contributed by atoms with Crippen LogP contribution in [0, 0.1) is 11.6 Å². The number of methoxy groups -OCH3 is 1. The van der Waals surface area contributed by atoms with Crippen molar-refractivity contribution in [1.82, 2.24) is 0 Å². The van der Waals surface area contributed by atoms with Crippen molar-refractivity contribution in [3.63, 3.8) is 0 Å². The van der Waals surface area contributed by atoms with E-state index in [1.165, 1.54) is 7.11 Å². The molecule has 0 aliphatic heterocycles. The summed E-state index contributed by atoms with van der Waals surface area (Å²) < 4.78 is 32.9. The summed E-state index contributed by atoms with van der Waals surface area (Å²) in [5.74, 6) is -1.55. The van der Waals surface area contributed by atoms with Gasteiger partial charge in [-0.15, -0.1) is 0 Å². The van der Waals surface area contributed by atoms with Crippen LogP contribution < -0.4 is 5.73 Å². The van der Waals surface area contributed by atoms with Crippen LogP contribution in [0.3, 0.4) is 0 Å². The Morgan fingerprint density at radius 3 is 2.44 bits per heavy atom. The lowest BCUT2D eigenvalue weighted by molar-refractivity contribution is 0.180. The Kier molecular flexibility index (Phi) is 3.97. The van der Waals surface area contributed by atoms with Crippen LogP contribution in [0.15, 0.2) is 12.1 Å². The minimum Gasteiger partial charge on any atom is -0.380 e. The van der Waals surface area contributed by atoms with Crippen molar-refractivity contribution in [3.05, 3.63) is 34.9 Å². The maximum atomic E-state index is 14.2. The molecule has 2 rings (SSSR count). The van der Waals surface area contributed by atoms with E-state index in [4.69, 9.17) is 10.5 Å². The molecule has 0 saturated heterocycles. The van der Waals surface area contributed by atoms with Crippen LogP contribution in [0.5, 0.6) is 0 Å². The van der Waals surface area contributed by atoms with Gasteiger partial charge in [0.1, 0.15) is 0 Å². The van der Waals surface area contributed by atoms with Gasteiger partial charge in [0.05, 0.1) is 6.61 Å². The summed E-state index contributed by atoms with van der Waals surface area (Å²) in [6, 6.07) is 3.28. The van der Waals surface area contributed by atoms with E-state index in [-0.39, 0.29) is 17.6 Å². The highest BCUT2D eigenvalue weighted by atomic mass is 19.2. The molecule has 4 heteroatoms. The minimum absolute atomic E-state index is 0.0820.